The zero-order valence-electron chi connectivity index (χ0n) is 11.8. The summed E-state index contributed by atoms with van der Waals surface area (Å²) in [4.78, 5) is 9.03. The fourth-order valence-electron chi connectivity index (χ4n) is 3.53. The number of pyridine rings is 1. The van der Waals surface area contributed by atoms with Crippen LogP contribution < -0.4 is 5.32 Å². The molecule has 5 heteroatoms. The Morgan fingerprint density at radius 2 is 2.20 bits per heavy atom. The van der Waals surface area contributed by atoms with Gasteiger partial charge < -0.3 is 9.84 Å². The third kappa shape index (κ3) is 1.85. The van der Waals surface area contributed by atoms with E-state index in [1.165, 1.54) is 12.8 Å². The summed E-state index contributed by atoms with van der Waals surface area (Å²) in [6, 6.07) is 3.25. The molecule has 0 saturated carbocycles. The zero-order valence-corrected chi connectivity index (χ0v) is 11.8. The topological polar surface area (TPSA) is 63.8 Å². The van der Waals surface area contributed by atoms with Crippen molar-refractivity contribution in [3.8, 4) is 11.5 Å². The molecule has 2 aromatic heterocycles. The van der Waals surface area contributed by atoms with Gasteiger partial charge in [-0.2, -0.15) is 4.98 Å². The quantitative estimate of drug-likeness (QED) is 0.907. The summed E-state index contributed by atoms with van der Waals surface area (Å²) in [6.45, 7) is 4.07. The van der Waals surface area contributed by atoms with E-state index >= 15 is 0 Å². The molecule has 2 bridgehead atoms. The second-order valence-electron chi connectivity index (χ2n) is 6.02. The van der Waals surface area contributed by atoms with Gasteiger partial charge in [0, 0.05) is 18.3 Å². The first-order chi connectivity index (χ1) is 9.70. The lowest BCUT2D eigenvalue weighted by Crippen LogP contribution is -2.21. The summed E-state index contributed by atoms with van der Waals surface area (Å²) < 4.78 is 5.50. The highest BCUT2D eigenvalue weighted by atomic mass is 16.5. The maximum absolute atomic E-state index is 5.50. The summed E-state index contributed by atoms with van der Waals surface area (Å²) >= 11 is 0. The standard InChI is InChI=1S/C15H18N4O/c1-8-5-9(2)13(16-7-8)14-18-15(20-19-14)11-6-10-3-4-12(11)17-10/h5,7,10-12,17H,3-4,6H2,1-2H3. The Bertz CT molecular complexity index is 651. The van der Waals surface area contributed by atoms with Crippen LogP contribution in [0.5, 0.6) is 0 Å². The summed E-state index contributed by atoms with van der Waals surface area (Å²) in [5, 5.41) is 7.73. The zero-order chi connectivity index (χ0) is 13.7. The predicted octanol–water partition coefficient (Wildman–Crippen LogP) is 2.36. The van der Waals surface area contributed by atoms with Gasteiger partial charge in [-0.15, -0.1) is 0 Å². The average Bonchev–Trinajstić information content (AvgIpc) is 3.14. The molecule has 1 N–H and O–H groups in total. The number of nitrogens with zero attached hydrogens (tertiary/aromatic N) is 3. The van der Waals surface area contributed by atoms with Crippen molar-refractivity contribution in [2.24, 2.45) is 0 Å². The molecule has 5 nitrogen and oxygen atoms in total. The lowest BCUT2D eigenvalue weighted by Gasteiger charge is -2.15. The lowest BCUT2D eigenvalue weighted by atomic mass is 9.89. The molecule has 4 rings (SSSR count). The van der Waals surface area contributed by atoms with Crippen LogP contribution in [0.15, 0.2) is 16.8 Å². The monoisotopic (exact) mass is 270 g/mol. The lowest BCUT2D eigenvalue weighted by molar-refractivity contribution is 0.329. The molecule has 104 valence electrons. The number of hydrogen-bond donors (Lipinski definition) is 1. The first-order valence-corrected chi connectivity index (χ1v) is 7.24. The van der Waals surface area contributed by atoms with Crippen LogP contribution in [-0.4, -0.2) is 27.2 Å². The predicted molar refractivity (Wildman–Crippen MR) is 74.3 cm³/mol. The third-order valence-corrected chi connectivity index (χ3v) is 4.49. The molecule has 3 atom stereocenters. The Labute approximate surface area is 117 Å². The molecule has 2 aromatic rings. The van der Waals surface area contributed by atoms with E-state index in [0.29, 0.717) is 23.8 Å². The summed E-state index contributed by atoms with van der Waals surface area (Å²) in [6.07, 6.45) is 5.46. The Hall–Kier alpha value is -1.75. The molecule has 3 unspecified atom stereocenters. The molecular formula is C15H18N4O. The Morgan fingerprint density at radius 3 is 2.90 bits per heavy atom. The van der Waals surface area contributed by atoms with E-state index in [1.807, 2.05) is 20.0 Å². The molecule has 4 heterocycles. The van der Waals surface area contributed by atoms with Crippen molar-refractivity contribution >= 4 is 0 Å². The van der Waals surface area contributed by atoms with Crippen molar-refractivity contribution in [3.05, 3.63) is 29.3 Å². The van der Waals surface area contributed by atoms with Crippen molar-refractivity contribution in [3.63, 3.8) is 0 Å². The normalized spacial score (nSPS) is 28.2. The van der Waals surface area contributed by atoms with E-state index < -0.39 is 0 Å². The molecule has 2 saturated heterocycles. The molecule has 0 aromatic carbocycles. The average molecular weight is 270 g/mol. The highest BCUT2D eigenvalue weighted by Crippen LogP contribution is 2.39. The van der Waals surface area contributed by atoms with Crippen molar-refractivity contribution in [1.82, 2.24) is 20.4 Å². The van der Waals surface area contributed by atoms with E-state index in [0.717, 1.165) is 29.1 Å². The van der Waals surface area contributed by atoms with Gasteiger partial charge in [-0.05, 0) is 44.2 Å². The highest BCUT2D eigenvalue weighted by molar-refractivity contribution is 5.54. The van der Waals surface area contributed by atoms with E-state index in [4.69, 9.17) is 4.52 Å². The fraction of sp³-hybridized carbons (Fsp3) is 0.533. The first-order valence-electron chi connectivity index (χ1n) is 7.24. The minimum Gasteiger partial charge on any atom is -0.339 e. The fourth-order valence-corrected chi connectivity index (χ4v) is 3.53. The van der Waals surface area contributed by atoms with Crippen LogP contribution in [0, 0.1) is 13.8 Å². The Morgan fingerprint density at radius 1 is 1.30 bits per heavy atom. The summed E-state index contributed by atoms with van der Waals surface area (Å²) in [7, 11) is 0. The van der Waals surface area contributed by atoms with Crippen LogP contribution in [0.2, 0.25) is 0 Å². The van der Waals surface area contributed by atoms with Crippen molar-refractivity contribution < 1.29 is 4.52 Å². The van der Waals surface area contributed by atoms with Crippen LogP contribution in [0.4, 0.5) is 0 Å². The van der Waals surface area contributed by atoms with Crippen LogP contribution >= 0.6 is 0 Å². The molecule has 2 aliphatic heterocycles. The first kappa shape index (κ1) is 12.0. The van der Waals surface area contributed by atoms with Crippen LogP contribution in [0.25, 0.3) is 11.5 Å². The van der Waals surface area contributed by atoms with Gasteiger partial charge in [-0.3, -0.25) is 4.98 Å². The van der Waals surface area contributed by atoms with E-state index in [2.05, 4.69) is 26.5 Å². The number of fused-ring (bicyclic) bond motifs is 2. The van der Waals surface area contributed by atoms with Gasteiger partial charge >= 0.3 is 0 Å². The highest BCUT2D eigenvalue weighted by Gasteiger charge is 2.42. The molecule has 20 heavy (non-hydrogen) atoms. The number of hydrogen-bond acceptors (Lipinski definition) is 5. The maximum Gasteiger partial charge on any atom is 0.231 e. The maximum atomic E-state index is 5.50. The summed E-state index contributed by atoms with van der Waals surface area (Å²) in [5.41, 5.74) is 3.05. The molecule has 0 amide bonds. The van der Waals surface area contributed by atoms with Crippen molar-refractivity contribution in [1.29, 1.82) is 0 Å². The second kappa shape index (κ2) is 4.38. The number of aromatic nitrogens is 3. The summed E-state index contributed by atoms with van der Waals surface area (Å²) in [5.74, 6) is 1.75. The minimum absolute atomic E-state index is 0.376. The third-order valence-electron chi connectivity index (χ3n) is 4.49. The van der Waals surface area contributed by atoms with Crippen molar-refractivity contribution in [2.75, 3.05) is 0 Å². The Balaban J connectivity index is 1.65. The number of rotatable bonds is 2. The van der Waals surface area contributed by atoms with Gasteiger partial charge in [0.25, 0.3) is 0 Å². The van der Waals surface area contributed by atoms with Gasteiger partial charge in [-0.25, -0.2) is 0 Å². The van der Waals surface area contributed by atoms with Gasteiger partial charge in [-0.1, -0.05) is 11.2 Å². The van der Waals surface area contributed by atoms with Crippen LogP contribution in [0.3, 0.4) is 0 Å². The van der Waals surface area contributed by atoms with E-state index in [9.17, 15) is 0 Å². The van der Waals surface area contributed by atoms with Gasteiger partial charge in [0.05, 0.1) is 5.92 Å². The number of nitrogens with one attached hydrogen (secondary N) is 1. The molecule has 2 aliphatic rings. The van der Waals surface area contributed by atoms with Gasteiger partial charge in [0.2, 0.25) is 11.7 Å². The number of aryl methyl sites for hydroxylation is 2. The van der Waals surface area contributed by atoms with Crippen molar-refractivity contribution in [2.45, 2.75) is 51.1 Å². The SMILES string of the molecule is Cc1cnc(-c2noc(C3CC4CCC3N4)n2)c(C)c1. The molecule has 0 aliphatic carbocycles. The molecule has 2 fully saturated rings. The van der Waals surface area contributed by atoms with Gasteiger partial charge in [0.1, 0.15) is 5.69 Å². The second-order valence-corrected chi connectivity index (χ2v) is 6.02. The Kier molecular flexibility index (Phi) is 2.63. The minimum atomic E-state index is 0.376. The van der Waals surface area contributed by atoms with E-state index in [-0.39, 0.29) is 0 Å². The van der Waals surface area contributed by atoms with Crippen LogP contribution in [-0.2, 0) is 0 Å². The van der Waals surface area contributed by atoms with Crippen LogP contribution in [0.1, 0.15) is 42.2 Å². The molecular weight excluding hydrogens is 252 g/mol. The smallest absolute Gasteiger partial charge is 0.231 e. The van der Waals surface area contributed by atoms with E-state index in [1.54, 1.807) is 0 Å². The largest absolute Gasteiger partial charge is 0.339 e. The van der Waals surface area contributed by atoms with Gasteiger partial charge in [0.15, 0.2) is 0 Å². The molecule has 0 radical (unpaired) electrons. The molecule has 0 spiro atoms.